The number of hydrogen-bond donors (Lipinski definition) is 1. The van der Waals surface area contributed by atoms with Gasteiger partial charge in [-0.3, -0.25) is 4.79 Å². The monoisotopic (exact) mass is 364 g/mol. The standard InChI is InChI=1S/C21H24N4O2/c1-27-19-8-6-18(7-9-19)25-14-12-24(13-15-25)17-4-2-16(3-5-17)20-10-11-21(26)23-22-20/h2-9H,10-15H2,1H3,(H,23,26). The van der Waals surface area contributed by atoms with Gasteiger partial charge in [0.25, 0.3) is 0 Å². The Morgan fingerprint density at radius 3 is 1.89 bits per heavy atom. The number of amides is 1. The van der Waals surface area contributed by atoms with Gasteiger partial charge in [0.05, 0.1) is 12.8 Å². The van der Waals surface area contributed by atoms with Crippen LogP contribution < -0.4 is 20.0 Å². The van der Waals surface area contributed by atoms with Crippen LogP contribution in [0, 0.1) is 0 Å². The maximum absolute atomic E-state index is 11.2. The number of piperazine rings is 1. The van der Waals surface area contributed by atoms with Crippen LogP contribution >= 0.6 is 0 Å². The molecule has 0 saturated carbocycles. The van der Waals surface area contributed by atoms with Crippen molar-refractivity contribution in [1.29, 1.82) is 0 Å². The molecule has 4 rings (SSSR count). The first-order valence-electron chi connectivity index (χ1n) is 9.33. The summed E-state index contributed by atoms with van der Waals surface area (Å²) >= 11 is 0. The van der Waals surface area contributed by atoms with Gasteiger partial charge in [-0.05, 0) is 42.0 Å². The minimum Gasteiger partial charge on any atom is -0.497 e. The van der Waals surface area contributed by atoms with E-state index >= 15 is 0 Å². The Morgan fingerprint density at radius 1 is 0.852 bits per heavy atom. The van der Waals surface area contributed by atoms with Crippen LogP contribution in [0.15, 0.2) is 53.6 Å². The molecular formula is C21H24N4O2. The molecule has 6 heteroatoms. The van der Waals surface area contributed by atoms with Gasteiger partial charge in [-0.25, -0.2) is 5.43 Å². The molecule has 2 heterocycles. The topological polar surface area (TPSA) is 57.2 Å². The molecule has 0 aromatic heterocycles. The summed E-state index contributed by atoms with van der Waals surface area (Å²) in [5.74, 6) is 0.879. The Morgan fingerprint density at radius 2 is 1.41 bits per heavy atom. The fraction of sp³-hybridized carbons (Fsp3) is 0.333. The number of nitrogens with one attached hydrogen (secondary N) is 1. The van der Waals surface area contributed by atoms with Crippen molar-refractivity contribution in [3.63, 3.8) is 0 Å². The molecule has 2 aliphatic rings. The molecule has 2 aliphatic heterocycles. The molecule has 0 radical (unpaired) electrons. The lowest BCUT2D eigenvalue weighted by molar-refractivity contribution is -0.121. The highest BCUT2D eigenvalue weighted by Crippen LogP contribution is 2.23. The van der Waals surface area contributed by atoms with Gasteiger partial charge in [-0.1, -0.05) is 12.1 Å². The summed E-state index contributed by atoms with van der Waals surface area (Å²) in [7, 11) is 1.69. The van der Waals surface area contributed by atoms with Crippen molar-refractivity contribution < 1.29 is 9.53 Å². The molecule has 0 bridgehead atoms. The zero-order valence-corrected chi connectivity index (χ0v) is 15.5. The SMILES string of the molecule is COc1ccc(N2CCN(c3ccc(C4=NNC(=O)CC4)cc3)CC2)cc1. The third-order valence-electron chi connectivity index (χ3n) is 5.19. The zero-order chi connectivity index (χ0) is 18.6. The molecule has 6 nitrogen and oxygen atoms in total. The third-order valence-corrected chi connectivity index (χ3v) is 5.19. The number of methoxy groups -OCH3 is 1. The van der Waals surface area contributed by atoms with Gasteiger partial charge in [-0.2, -0.15) is 5.10 Å². The van der Waals surface area contributed by atoms with E-state index in [-0.39, 0.29) is 5.91 Å². The van der Waals surface area contributed by atoms with E-state index in [0.717, 1.165) is 43.2 Å². The molecule has 2 aromatic carbocycles. The van der Waals surface area contributed by atoms with Crippen LogP contribution in [0.2, 0.25) is 0 Å². The van der Waals surface area contributed by atoms with E-state index in [2.05, 4.69) is 56.7 Å². The van der Waals surface area contributed by atoms with Crippen LogP contribution in [0.25, 0.3) is 0 Å². The van der Waals surface area contributed by atoms with Crippen LogP contribution in [0.3, 0.4) is 0 Å². The maximum atomic E-state index is 11.2. The van der Waals surface area contributed by atoms with Crippen molar-refractivity contribution in [3.05, 3.63) is 54.1 Å². The van der Waals surface area contributed by atoms with Gasteiger partial charge >= 0.3 is 0 Å². The lowest BCUT2D eigenvalue weighted by Gasteiger charge is -2.37. The Hall–Kier alpha value is -3.02. The van der Waals surface area contributed by atoms with Gasteiger partial charge in [0, 0.05) is 50.4 Å². The second-order valence-electron chi connectivity index (χ2n) is 6.81. The number of carbonyl (C=O) groups is 1. The number of ether oxygens (including phenoxy) is 1. The lowest BCUT2D eigenvalue weighted by Crippen LogP contribution is -2.46. The minimum absolute atomic E-state index is 0.00917. The van der Waals surface area contributed by atoms with Gasteiger partial charge in [0.15, 0.2) is 0 Å². The fourth-order valence-corrected chi connectivity index (χ4v) is 3.56. The molecule has 1 fully saturated rings. The van der Waals surface area contributed by atoms with Crippen LogP contribution in [0.1, 0.15) is 18.4 Å². The molecule has 1 N–H and O–H groups in total. The fourth-order valence-electron chi connectivity index (χ4n) is 3.56. The van der Waals surface area contributed by atoms with Crippen molar-refractivity contribution in [2.24, 2.45) is 5.10 Å². The summed E-state index contributed by atoms with van der Waals surface area (Å²) in [5.41, 5.74) is 7.06. The van der Waals surface area contributed by atoms with E-state index in [9.17, 15) is 4.79 Å². The Labute approximate surface area is 159 Å². The van der Waals surface area contributed by atoms with Gasteiger partial charge < -0.3 is 14.5 Å². The highest BCUT2D eigenvalue weighted by molar-refractivity contribution is 6.04. The highest BCUT2D eigenvalue weighted by Gasteiger charge is 2.18. The number of hydrogen-bond acceptors (Lipinski definition) is 5. The smallest absolute Gasteiger partial charge is 0.240 e. The molecule has 140 valence electrons. The molecule has 2 aromatic rings. The average Bonchev–Trinajstić information content (AvgIpc) is 2.75. The molecule has 0 unspecified atom stereocenters. The number of benzene rings is 2. The summed E-state index contributed by atoms with van der Waals surface area (Å²) in [6, 6.07) is 16.8. The highest BCUT2D eigenvalue weighted by atomic mass is 16.5. The van der Waals surface area contributed by atoms with Crippen LogP contribution in [-0.4, -0.2) is 44.9 Å². The second-order valence-corrected chi connectivity index (χ2v) is 6.81. The van der Waals surface area contributed by atoms with Gasteiger partial charge in [0.2, 0.25) is 5.91 Å². The van der Waals surface area contributed by atoms with E-state index in [1.165, 1.54) is 11.4 Å². The summed E-state index contributed by atoms with van der Waals surface area (Å²) in [6.45, 7) is 3.96. The first-order chi connectivity index (χ1) is 13.2. The zero-order valence-electron chi connectivity index (χ0n) is 15.5. The molecule has 1 saturated heterocycles. The van der Waals surface area contributed by atoms with Crippen molar-refractivity contribution >= 4 is 23.0 Å². The first-order valence-corrected chi connectivity index (χ1v) is 9.33. The quantitative estimate of drug-likeness (QED) is 0.906. The minimum atomic E-state index is -0.00917. The molecule has 1 amide bonds. The van der Waals surface area contributed by atoms with Crippen molar-refractivity contribution in [2.45, 2.75) is 12.8 Å². The van der Waals surface area contributed by atoms with E-state index < -0.39 is 0 Å². The number of nitrogens with zero attached hydrogens (tertiary/aromatic N) is 3. The average molecular weight is 364 g/mol. The number of anilines is 2. The third kappa shape index (κ3) is 3.89. The van der Waals surface area contributed by atoms with E-state index in [1.54, 1.807) is 7.11 Å². The van der Waals surface area contributed by atoms with Crippen LogP contribution in [0.4, 0.5) is 11.4 Å². The molecule has 0 aliphatic carbocycles. The number of hydrazone groups is 1. The summed E-state index contributed by atoms with van der Waals surface area (Å²) in [4.78, 5) is 16.0. The summed E-state index contributed by atoms with van der Waals surface area (Å²) in [5, 5.41) is 4.17. The Bertz CT molecular complexity index is 822. The lowest BCUT2D eigenvalue weighted by atomic mass is 10.0. The molecular weight excluding hydrogens is 340 g/mol. The predicted octanol–water partition coefficient (Wildman–Crippen LogP) is 2.64. The Kier molecular flexibility index (Phi) is 4.96. The second kappa shape index (κ2) is 7.70. The first kappa shape index (κ1) is 17.4. The number of carbonyl (C=O) groups excluding carboxylic acids is 1. The summed E-state index contributed by atoms with van der Waals surface area (Å²) < 4.78 is 5.23. The molecule has 0 atom stereocenters. The van der Waals surface area contributed by atoms with Crippen molar-refractivity contribution in [1.82, 2.24) is 5.43 Å². The number of rotatable bonds is 4. The maximum Gasteiger partial charge on any atom is 0.240 e. The van der Waals surface area contributed by atoms with E-state index in [4.69, 9.17) is 4.74 Å². The van der Waals surface area contributed by atoms with Crippen LogP contribution in [-0.2, 0) is 4.79 Å². The normalized spacial score (nSPS) is 17.4. The van der Waals surface area contributed by atoms with Crippen LogP contribution in [0.5, 0.6) is 5.75 Å². The van der Waals surface area contributed by atoms with E-state index in [1.807, 2.05) is 12.1 Å². The van der Waals surface area contributed by atoms with Crippen molar-refractivity contribution in [3.8, 4) is 5.75 Å². The molecule has 0 spiro atoms. The predicted molar refractivity (Wildman–Crippen MR) is 108 cm³/mol. The van der Waals surface area contributed by atoms with Gasteiger partial charge in [-0.15, -0.1) is 0 Å². The Balaban J connectivity index is 1.37. The van der Waals surface area contributed by atoms with Gasteiger partial charge in [0.1, 0.15) is 5.75 Å². The van der Waals surface area contributed by atoms with Crippen molar-refractivity contribution in [2.75, 3.05) is 43.1 Å². The summed E-state index contributed by atoms with van der Waals surface area (Å²) in [6.07, 6.45) is 1.21. The largest absolute Gasteiger partial charge is 0.497 e. The van der Waals surface area contributed by atoms with E-state index in [0.29, 0.717) is 12.8 Å². The molecule has 27 heavy (non-hydrogen) atoms.